The van der Waals surface area contributed by atoms with E-state index in [1.54, 1.807) is 11.3 Å². The number of nitrogens with zero attached hydrogens (tertiary/aromatic N) is 2. The van der Waals surface area contributed by atoms with E-state index in [4.69, 9.17) is 0 Å². The van der Waals surface area contributed by atoms with Gasteiger partial charge in [0.25, 0.3) is 0 Å². The first-order chi connectivity index (χ1) is 7.66. The van der Waals surface area contributed by atoms with Crippen molar-refractivity contribution in [2.75, 3.05) is 11.9 Å². The van der Waals surface area contributed by atoms with Gasteiger partial charge in [-0.1, -0.05) is 6.07 Å². The van der Waals surface area contributed by atoms with Gasteiger partial charge in [-0.25, -0.2) is 4.98 Å². The van der Waals surface area contributed by atoms with Gasteiger partial charge in [-0.05, 0) is 46.4 Å². The summed E-state index contributed by atoms with van der Waals surface area (Å²) in [7, 11) is 2.06. The average molecular weight is 297 g/mol. The maximum atomic E-state index is 4.54. The maximum absolute atomic E-state index is 4.54. The first-order valence-corrected chi connectivity index (χ1v) is 6.71. The highest BCUT2D eigenvalue weighted by atomic mass is 79.9. The summed E-state index contributed by atoms with van der Waals surface area (Å²) in [5.74, 6) is 1.01. The van der Waals surface area contributed by atoms with E-state index in [9.17, 15) is 0 Å². The van der Waals surface area contributed by atoms with E-state index >= 15 is 0 Å². The van der Waals surface area contributed by atoms with Crippen molar-refractivity contribution >= 4 is 33.1 Å². The Morgan fingerprint density at radius 3 is 2.81 bits per heavy atom. The van der Waals surface area contributed by atoms with Gasteiger partial charge < -0.3 is 4.90 Å². The van der Waals surface area contributed by atoms with Crippen LogP contribution in [0.2, 0.25) is 0 Å². The molecule has 0 aliphatic heterocycles. The van der Waals surface area contributed by atoms with Crippen LogP contribution in [0.4, 0.5) is 5.82 Å². The largest absolute Gasteiger partial charge is 0.355 e. The number of halogens is 1. The standard InChI is InChI=1S/C12H13BrN2S/c1-9-11(13)5-6-12(14-9)15(2)8-10-4-3-7-16-10/h3-7H,8H2,1-2H3. The van der Waals surface area contributed by atoms with Crippen molar-refractivity contribution in [3.63, 3.8) is 0 Å². The molecule has 0 N–H and O–H groups in total. The summed E-state index contributed by atoms with van der Waals surface area (Å²) < 4.78 is 1.06. The third-order valence-corrected chi connectivity index (χ3v) is 4.07. The molecule has 2 nitrogen and oxygen atoms in total. The molecular weight excluding hydrogens is 284 g/mol. The molecule has 2 aromatic heterocycles. The fourth-order valence-electron chi connectivity index (χ4n) is 1.46. The minimum absolute atomic E-state index is 0.908. The normalized spacial score (nSPS) is 10.4. The zero-order valence-electron chi connectivity index (χ0n) is 9.27. The maximum Gasteiger partial charge on any atom is 0.128 e. The zero-order chi connectivity index (χ0) is 11.5. The molecule has 0 radical (unpaired) electrons. The van der Waals surface area contributed by atoms with Crippen molar-refractivity contribution in [2.45, 2.75) is 13.5 Å². The van der Waals surface area contributed by atoms with Crippen LogP contribution in [0, 0.1) is 6.92 Å². The zero-order valence-corrected chi connectivity index (χ0v) is 11.7. The van der Waals surface area contributed by atoms with Crippen molar-refractivity contribution in [1.29, 1.82) is 0 Å². The van der Waals surface area contributed by atoms with Crippen LogP contribution in [0.1, 0.15) is 10.6 Å². The van der Waals surface area contributed by atoms with Crippen LogP contribution in [0.3, 0.4) is 0 Å². The number of hydrogen-bond donors (Lipinski definition) is 0. The Labute approximate surface area is 108 Å². The molecule has 2 aromatic rings. The summed E-state index contributed by atoms with van der Waals surface area (Å²) >= 11 is 5.23. The first kappa shape index (κ1) is 11.6. The molecule has 0 saturated carbocycles. The molecule has 0 amide bonds. The summed E-state index contributed by atoms with van der Waals surface area (Å²) in [6, 6.07) is 8.30. The van der Waals surface area contributed by atoms with Gasteiger partial charge in [0.2, 0.25) is 0 Å². The molecule has 0 aliphatic rings. The van der Waals surface area contributed by atoms with Crippen LogP contribution in [-0.4, -0.2) is 12.0 Å². The minimum Gasteiger partial charge on any atom is -0.355 e. The van der Waals surface area contributed by atoms with E-state index in [1.807, 2.05) is 19.1 Å². The molecule has 2 rings (SSSR count). The number of aryl methyl sites for hydroxylation is 1. The second kappa shape index (κ2) is 4.97. The minimum atomic E-state index is 0.908. The summed E-state index contributed by atoms with van der Waals surface area (Å²) in [5, 5.41) is 2.10. The Hall–Kier alpha value is -0.870. The quantitative estimate of drug-likeness (QED) is 0.855. The fraction of sp³-hybridized carbons (Fsp3) is 0.250. The lowest BCUT2D eigenvalue weighted by Gasteiger charge is -2.17. The number of rotatable bonds is 3. The van der Waals surface area contributed by atoms with E-state index in [-0.39, 0.29) is 0 Å². The van der Waals surface area contributed by atoms with Crippen LogP contribution >= 0.6 is 27.3 Å². The summed E-state index contributed by atoms with van der Waals surface area (Å²) in [6.07, 6.45) is 0. The van der Waals surface area contributed by atoms with Crippen LogP contribution in [0.5, 0.6) is 0 Å². The summed E-state index contributed by atoms with van der Waals surface area (Å²) in [5.41, 5.74) is 1.02. The molecule has 0 bridgehead atoms. The van der Waals surface area contributed by atoms with Gasteiger partial charge in [0.15, 0.2) is 0 Å². The number of pyridine rings is 1. The molecule has 2 heterocycles. The second-order valence-corrected chi connectivity index (χ2v) is 5.56. The van der Waals surface area contributed by atoms with Crippen molar-refractivity contribution in [3.05, 3.63) is 44.7 Å². The summed E-state index contributed by atoms with van der Waals surface area (Å²) in [4.78, 5) is 8.05. The van der Waals surface area contributed by atoms with Crippen LogP contribution in [-0.2, 0) is 6.54 Å². The molecule has 0 fully saturated rings. The Kier molecular flexibility index (Phi) is 3.61. The third kappa shape index (κ3) is 2.62. The van der Waals surface area contributed by atoms with Crippen molar-refractivity contribution in [3.8, 4) is 0 Å². The third-order valence-electron chi connectivity index (χ3n) is 2.37. The van der Waals surface area contributed by atoms with Crippen molar-refractivity contribution in [2.24, 2.45) is 0 Å². The van der Waals surface area contributed by atoms with E-state index in [0.717, 1.165) is 22.5 Å². The van der Waals surface area contributed by atoms with Crippen molar-refractivity contribution in [1.82, 2.24) is 4.98 Å². The van der Waals surface area contributed by atoms with E-state index in [2.05, 4.69) is 50.4 Å². The Morgan fingerprint density at radius 2 is 2.19 bits per heavy atom. The van der Waals surface area contributed by atoms with E-state index in [0.29, 0.717) is 0 Å². The predicted octanol–water partition coefficient (Wildman–Crippen LogP) is 3.85. The van der Waals surface area contributed by atoms with Gasteiger partial charge in [0.1, 0.15) is 5.82 Å². The molecule has 0 aliphatic carbocycles. The second-order valence-electron chi connectivity index (χ2n) is 3.67. The Balaban J connectivity index is 2.14. The van der Waals surface area contributed by atoms with Crippen LogP contribution in [0.25, 0.3) is 0 Å². The number of thiophene rings is 1. The van der Waals surface area contributed by atoms with Gasteiger partial charge in [-0.15, -0.1) is 11.3 Å². The predicted molar refractivity (Wildman–Crippen MR) is 73.1 cm³/mol. The SMILES string of the molecule is Cc1nc(N(C)Cc2cccs2)ccc1Br. The Bertz CT molecular complexity index is 468. The van der Waals surface area contributed by atoms with Gasteiger partial charge in [0.05, 0.1) is 12.2 Å². The molecule has 84 valence electrons. The molecule has 0 saturated heterocycles. The van der Waals surface area contributed by atoms with Gasteiger partial charge in [-0.3, -0.25) is 0 Å². The molecule has 0 atom stereocenters. The number of hydrogen-bond acceptors (Lipinski definition) is 3. The average Bonchev–Trinajstić information content (AvgIpc) is 2.74. The molecular formula is C12H13BrN2S. The highest BCUT2D eigenvalue weighted by Crippen LogP contribution is 2.20. The van der Waals surface area contributed by atoms with Crippen LogP contribution in [0.15, 0.2) is 34.1 Å². The lowest BCUT2D eigenvalue weighted by molar-refractivity contribution is 0.904. The lowest BCUT2D eigenvalue weighted by Crippen LogP contribution is -2.17. The topological polar surface area (TPSA) is 16.1 Å². The molecule has 0 unspecified atom stereocenters. The van der Waals surface area contributed by atoms with Gasteiger partial charge >= 0.3 is 0 Å². The molecule has 16 heavy (non-hydrogen) atoms. The molecule has 4 heteroatoms. The molecule has 0 spiro atoms. The highest BCUT2D eigenvalue weighted by molar-refractivity contribution is 9.10. The summed E-state index contributed by atoms with van der Waals surface area (Å²) in [6.45, 7) is 2.91. The highest BCUT2D eigenvalue weighted by Gasteiger charge is 2.05. The van der Waals surface area contributed by atoms with Gasteiger partial charge in [0, 0.05) is 16.4 Å². The smallest absolute Gasteiger partial charge is 0.128 e. The monoisotopic (exact) mass is 296 g/mol. The number of aromatic nitrogens is 1. The Morgan fingerprint density at radius 1 is 1.38 bits per heavy atom. The van der Waals surface area contributed by atoms with Crippen LogP contribution < -0.4 is 4.90 Å². The lowest BCUT2D eigenvalue weighted by atomic mass is 10.3. The first-order valence-electron chi connectivity index (χ1n) is 5.03. The fourth-order valence-corrected chi connectivity index (χ4v) is 2.44. The molecule has 0 aromatic carbocycles. The van der Waals surface area contributed by atoms with E-state index < -0.39 is 0 Å². The number of anilines is 1. The van der Waals surface area contributed by atoms with Crippen molar-refractivity contribution < 1.29 is 0 Å². The van der Waals surface area contributed by atoms with Gasteiger partial charge in [-0.2, -0.15) is 0 Å². The van der Waals surface area contributed by atoms with E-state index in [1.165, 1.54) is 4.88 Å².